The maximum atomic E-state index is 12.5. The number of benzene rings is 2. The molecule has 0 radical (unpaired) electrons. The fourth-order valence-electron chi connectivity index (χ4n) is 3.36. The Morgan fingerprint density at radius 1 is 1.07 bits per heavy atom. The molecule has 0 bridgehead atoms. The van der Waals surface area contributed by atoms with E-state index in [9.17, 15) is 9.59 Å². The lowest BCUT2D eigenvalue weighted by Crippen LogP contribution is -2.33. The van der Waals surface area contributed by atoms with Crippen LogP contribution in [-0.4, -0.2) is 18.4 Å². The summed E-state index contributed by atoms with van der Waals surface area (Å²) in [6.45, 7) is 10.2. The van der Waals surface area contributed by atoms with Gasteiger partial charge in [0.2, 0.25) is 11.8 Å². The molecule has 27 heavy (non-hydrogen) atoms. The van der Waals surface area contributed by atoms with Crippen LogP contribution in [0.15, 0.2) is 42.5 Å². The molecule has 0 aliphatic rings. The van der Waals surface area contributed by atoms with E-state index in [1.165, 1.54) is 0 Å². The van der Waals surface area contributed by atoms with Crippen LogP contribution >= 0.6 is 0 Å². The van der Waals surface area contributed by atoms with Crippen molar-refractivity contribution in [2.45, 2.75) is 53.4 Å². The second-order valence-electron chi connectivity index (χ2n) is 7.15. The molecule has 0 saturated heterocycles. The van der Waals surface area contributed by atoms with E-state index >= 15 is 0 Å². The fourth-order valence-corrected chi connectivity index (χ4v) is 3.36. The van der Waals surface area contributed by atoms with Crippen molar-refractivity contribution in [1.82, 2.24) is 0 Å². The third-order valence-corrected chi connectivity index (χ3v) is 4.77. The second-order valence-corrected chi connectivity index (χ2v) is 7.15. The molecule has 0 atom stereocenters. The zero-order valence-corrected chi connectivity index (χ0v) is 17.0. The average Bonchev–Trinajstić information content (AvgIpc) is 2.62. The van der Waals surface area contributed by atoms with Crippen molar-refractivity contribution < 1.29 is 9.59 Å². The number of carbonyl (C=O) groups is 2. The molecule has 4 nitrogen and oxygen atoms in total. The first-order valence-electron chi connectivity index (χ1n) is 9.60. The Morgan fingerprint density at radius 2 is 1.78 bits per heavy atom. The van der Waals surface area contributed by atoms with Gasteiger partial charge in [-0.15, -0.1) is 0 Å². The number of hydrogen-bond acceptors (Lipinski definition) is 2. The molecule has 144 valence electrons. The van der Waals surface area contributed by atoms with Gasteiger partial charge < -0.3 is 10.2 Å². The summed E-state index contributed by atoms with van der Waals surface area (Å²) in [5, 5.41) is 3.00. The molecule has 0 aliphatic heterocycles. The van der Waals surface area contributed by atoms with E-state index in [1.807, 2.05) is 49.4 Å². The van der Waals surface area contributed by atoms with E-state index in [-0.39, 0.29) is 18.2 Å². The summed E-state index contributed by atoms with van der Waals surface area (Å²) in [6.07, 6.45) is 1.10. The standard InChI is InChI=1S/C23H30N2O2/c1-6-19-11-9-10-17(4)23(19)25(18(5)26)15-14-22(27)24-21-13-8-7-12-20(21)16(2)3/h7-13,16H,6,14-15H2,1-5H3,(H,24,27). The van der Waals surface area contributed by atoms with E-state index in [0.717, 1.165) is 34.5 Å². The van der Waals surface area contributed by atoms with Crippen LogP contribution in [0.5, 0.6) is 0 Å². The quantitative estimate of drug-likeness (QED) is 0.744. The summed E-state index contributed by atoms with van der Waals surface area (Å²) < 4.78 is 0. The lowest BCUT2D eigenvalue weighted by atomic mass is 10.0. The van der Waals surface area contributed by atoms with Gasteiger partial charge in [0.25, 0.3) is 0 Å². The molecule has 0 spiro atoms. The Labute approximate surface area is 162 Å². The Hall–Kier alpha value is -2.62. The monoisotopic (exact) mass is 366 g/mol. The van der Waals surface area contributed by atoms with Crippen LogP contribution in [-0.2, 0) is 16.0 Å². The molecular formula is C23H30N2O2. The van der Waals surface area contributed by atoms with Gasteiger partial charge in [0, 0.05) is 31.3 Å². The lowest BCUT2D eigenvalue weighted by molar-refractivity contribution is -0.117. The average molecular weight is 367 g/mol. The summed E-state index contributed by atoms with van der Waals surface area (Å²) in [4.78, 5) is 26.5. The first kappa shape index (κ1) is 20.7. The van der Waals surface area contributed by atoms with Gasteiger partial charge in [0.1, 0.15) is 0 Å². The Bertz CT molecular complexity index is 812. The van der Waals surface area contributed by atoms with Crippen molar-refractivity contribution in [2.24, 2.45) is 0 Å². The van der Waals surface area contributed by atoms with Gasteiger partial charge in [-0.05, 0) is 42.0 Å². The smallest absolute Gasteiger partial charge is 0.226 e. The van der Waals surface area contributed by atoms with E-state index in [2.05, 4.69) is 26.1 Å². The molecule has 2 aromatic carbocycles. The summed E-state index contributed by atoms with van der Waals surface area (Å²) >= 11 is 0. The zero-order valence-electron chi connectivity index (χ0n) is 17.0. The molecule has 0 heterocycles. The van der Waals surface area contributed by atoms with E-state index in [4.69, 9.17) is 0 Å². The molecule has 0 aromatic heterocycles. The highest BCUT2D eigenvalue weighted by Crippen LogP contribution is 2.27. The van der Waals surface area contributed by atoms with Crippen LogP contribution in [0.4, 0.5) is 11.4 Å². The number of carbonyl (C=O) groups excluding carboxylic acids is 2. The minimum Gasteiger partial charge on any atom is -0.326 e. The number of aryl methyl sites for hydroxylation is 2. The summed E-state index contributed by atoms with van der Waals surface area (Å²) in [6, 6.07) is 13.9. The van der Waals surface area contributed by atoms with Crippen LogP contribution in [0.3, 0.4) is 0 Å². The number of para-hydroxylation sites is 2. The molecule has 4 heteroatoms. The maximum absolute atomic E-state index is 12.5. The third kappa shape index (κ3) is 5.19. The zero-order chi connectivity index (χ0) is 20.0. The minimum atomic E-state index is -0.0824. The third-order valence-electron chi connectivity index (χ3n) is 4.77. The van der Waals surface area contributed by atoms with Gasteiger partial charge in [0.05, 0.1) is 0 Å². The van der Waals surface area contributed by atoms with E-state index in [0.29, 0.717) is 12.5 Å². The summed E-state index contributed by atoms with van der Waals surface area (Å²) in [5.41, 5.74) is 5.06. The number of amides is 2. The summed E-state index contributed by atoms with van der Waals surface area (Å²) in [7, 11) is 0. The van der Waals surface area contributed by atoms with E-state index in [1.54, 1.807) is 11.8 Å². The molecule has 2 amide bonds. The predicted molar refractivity (Wildman–Crippen MR) is 112 cm³/mol. The Kier molecular flexibility index (Phi) is 7.17. The predicted octanol–water partition coefficient (Wildman–Crippen LogP) is 5.06. The molecule has 2 aromatic rings. The highest BCUT2D eigenvalue weighted by Gasteiger charge is 2.18. The molecule has 0 unspecified atom stereocenters. The van der Waals surface area contributed by atoms with Gasteiger partial charge in [-0.2, -0.15) is 0 Å². The molecule has 0 saturated carbocycles. The van der Waals surface area contributed by atoms with Crippen LogP contribution in [0.2, 0.25) is 0 Å². The number of nitrogens with one attached hydrogen (secondary N) is 1. The van der Waals surface area contributed by atoms with Crippen molar-refractivity contribution in [3.05, 3.63) is 59.2 Å². The SMILES string of the molecule is CCc1cccc(C)c1N(CCC(=O)Nc1ccccc1C(C)C)C(C)=O. The van der Waals surface area contributed by atoms with Crippen molar-refractivity contribution in [2.75, 3.05) is 16.8 Å². The van der Waals surface area contributed by atoms with Gasteiger partial charge in [-0.1, -0.05) is 57.2 Å². The van der Waals surface area contributed by atoms with Gasteiger partial charge in [-0.25, -0.2) is 0 Å². The molecule has 0 aliphatic carbocycles. The highest BCUT2D eigenvalue weighted by molar-refractivity contribution is 5.96. The van der Waals surface area contributed by atoms with Crippen molar-refractivity contribution in [3.8, 4) is 0 Å². The van der Waals surface area contributed by atoms with Crippen molar-refractivity contribution in [1.29, 1.82) is 0 Å². The Morgan fingerprint density at radius 3 is 2.41 bits per heavy atom. The minimum absolute atomic E-state index is 0.0469. The first-order valence-corrected chi connectivity index (χ1v) is 9.60. The van der Waals surface area contributed by atoms with Crippen LogP contribution < -0.4 is 10.2 Å². The number of anilines is 2. The maximum Gasteiger partial charge on any atom is 0.226 e. The first-order chi connectivity index (χ1) is 12.8. The van der Waals surface area contributed by atoms with Gasteiger partial charge in [0.15, 0.2) is 0 Å². The number of rotatable bonds is 7. The van der Waals surface area contributed by atoms with Crippen molar-refractivity contribution in [3.63, 3.8) is 0 Å². The Balaban J connectivity index is 2.14. The molecular weight excluding hydrogens is 336 g/mol. The topological polar surface area (TPSA) is 49.4 Å². The number of hydrogen-bond donors (Lipinski definition) is 1. The van der Waals surface area contributed by atoms with Crippen LogP contribution in [0.25, 0.3) is 0 Å². The second kappa shape index (κ2) is 9.36. The number of nitrogens with zero attached hydrogens (tertiary/aromatic N) is 1. The van der Waals surface area contributed by atoms with Crippen LogP contribution in [0.1, 0.15) is 56.7 Å². The molecule has 1 N–H and O–H groups in total. The molecule has 0 fully saturated rings. The van der Waals surface area contributed by atoms with Gasteiger partial charge in [-0.3, -0.25) is 9.59 Å². The van der Waals surface area contributed by atoms with Crippen molar-refractivity contribution >= 4 is 23.2 Å². The normalized spacial score (nSPS) is 10.7. The fraction of sp³-hybridized carbons (Fsp3) is 0.391. The van der Waals surface area contributed by atoms with Gasteiger partial charge >= 0.3 is 0 Å². The highest BCUT2D eigenvalue weighted by atomic mass is 16.2. The van der Waals surface area contributed by atoms with Crippen LogP contribution in [0, 0.1) is 6.92 Å². The lowest BCUT2D eigenvalue weighted by Gasteiger charge is -2.25. The largest absolute Gasteiger partial charge is 0.326 e. The molecule has 2 rings (SSSR count). The summed E-state index contributed by atoms with van der Waals surface area (Å²) in [5.74, 6) is 0.199. The van der Waals surface area contributed by atoms with E-state index < -0.39 is 0 Å².